The van der Waals surface area contributed by atoms with Gasteiger partial charge in [-0.3, -0.25) is 0 Å². The average Bonchev–Trinajstić information content (AvgIpc) is 2.64. The third-order valence-electron chi connectivity index (χ3n) is 3.58. The molecule has 2 N–H and O–H groups in total. The van der Waals surface area contributed by atoms with Crippen LogP contribution < -0.4 is 10.6 Å². The van der Waals surface area contributed by atoms with Gasteiger partial charge in [0.2, 0.25) is 5.95 Å². The minimum atomic E-state index is 0.536. The molecule has 5 nitrogen and oxygen atoms in total. The van der Waals surface area contributed by atoms with Crippen LogP contribution in [0.4, 0.5) is 17.5 Å². The number of halogens is 1. The number of nitrogens with one attached hydrogen (secondary N) is 2. The highest BCUT2D eigenvalue weighted by atomic mass is 35.5. The van der Waals surface area contributed by atoms with E-state index in [0.717, 1.165) is 17.1 Å². The molecule has 25 heavy (non-hydrogen) atoms. The molecule has 2 aromatic carbocycles. The molecule has 3 aromatic rings. The maximum Gasteiger partial charge on any atom is 0.224 e. The van der Waals surface area contributed by atoms with Gasteiger partial charge < -0.3 is 10.6 Å². The summed E-state index contributed by atoms with van der Waals surface area (Å²) in [6.07, 6.45) is 2.52. The molecule has 0 saturated heterocycles. The van der Waals surface area contributed by atoms with Gasteiger partial charge >= 0.3 is 0 Å². The third-order valence-corrected chi connectivity index (χ3v) is 3.83. The summed E-state index contributed by atoms with van der Waals surface area (Å²) in [5, 5.41) is 16.2. The Hall–Kier alpha value is -3.10. The van der Waals surface area contributed by atoms with E-state index in [1.54, 1.807) is 18.3 Å². The van der Waals surface area contributed by atoms with Gasteiger partial charge in [0.1, 0.15) is 11.9 Å². The van der Waals surface area contributed by atoms with Gasteiger partial charge in [-0.05, 0) is 42.3 Å². The van der Waals surface area contributed by atoms with E-state index in [9.17, 15) is 0 Å². The van der Waals surface area contributed by atoms with Crippen LogP contribution in [0.25, 0.3) is 0 Å². The summed E-state index contributed by atoms with van der Waals surface area (Å²) >= 11 is 5.88. The first-order valence-corrected chi connectivity index (χ1v) is 8.20. The molecule has 0 aliphatic carbocycles. The molecule has 0 aliphatic rings. The van der Waals surface area contributed by atoms with Crippen molar-refractivity contribution in [2.45, 2.75) is 6.42 Å². The van der Waals surface area contributed by atoms with E-state index in [2.05, 4.69) is 26.7 Å². The summed E-state index contributed by atoms with van der Waals surface area (Å²) in [5.41, 5.74) is 2.48. The second-order valence-corrected chi connectivity index (χ2v) is 5.79. The van der Waals surface area contributed by atoms with E-state index in [0.29, 0.717) is 23.9 Å². The number of rotatable bonds is 6. The average molecular weight is 350 g/mol. The molecule has 124 valence electrons. The minimum absolute atomic E-state index is 0.536. The number of benzene rings is 2. The zero-order valence-corrected chi connectivity index (χ0v) is 14.2. The van der Waals surface area contributed by atoms with Crippen molar-refractivity contribution in [2.24, 2.45) is 0 Å². The van der Waals surface area contributed by atoms with Crippen LogP contribution in [0.2, 0.25) is 5.02 Å². The number of nitriles is 1. The lowest BCUT2D eigenvalue weighted by atomic mass is 10.1. The van der Waals surface area contributed by atoms with Crippen LogP contribution in [-0.4, -0.2) is 16.5 Å². The fourth-order valence-corrected chi connectivity index (χ4v) is 2.44. The molecular weight excluding hydrogens is 334 g/mol. The number of para-hydroxylation sites is 1. The summed E-state index contributed by atoms with van der Waals surface area (Å²) in [6, 6.07) is 19.0. The van der Waals surface area contributed by atoms with Crippen molar-refractivity contribution in [3.63, 3.8) is 0 Å². The molecule has 1 aromatic heterocycles. The molecule has 0 bridgehead atoms. The van der Waals surface area contributed by atoms with Crippen molar-refractivity contribution >= 4 is 29.1 Å². The van der Waals surface area contributed by atoms with Gasteiger partial charge in [-0.15, -0.1) is 0 Å². The van der Waals surface area contributed by atoms with Gasteiger partial charge in [-0.1, -0.05) is 35.9 Å². The van der Waals surface area contributed by atoms with Crippen LogP contribution in [0.1, 0.15) is 11.1 Å². The Balaban J connectivity index is 1.61. The highest BCUT2D eigenvalue weighted by Gasteiger charge is 2.04. The Kier molecular flexibility index (Phi) is 5.45. The monoisotopic (exact) mass is 349 g/mol. The fourth-order valence-electron chi connectivity index (χ4n) is 2.31. The third kappa shape index (κ3) is 4.69. The molecular formula is C19H16ClN5. The zero-order valence-electron chi connectivity index (χ0n) is 13.4. The topological polar surface area (TPSA) is 73.6 Å². The highest BCUT2D eigenvalue weighted by Crippen LogP contribution is 2.19. The van der Waals surface area contributed by atoms with Gasteiger partial charge in [-0.2, -0.15) is 10.2 Å². The number of anilines is 3. The lowest BCUT2D eigenvalue weighted by molar-refractivity contribution is 0.985. The molecule has 0 saturated carbocycles. The van der Waals surface area contributed by atoms with Crippen molar-refractivity contribution in [3.05, 3.63) is 76.9 Å². The van der Waals surface area contributed by atoms with Crippen molar-refractivity contribution < 1.29 is 0 Å². The summed E-state index contributed by atoms with van der Waals surface area (Å²) in [6.45, 7) is 0.708. The Morgan fingerprint density at radius 1 is 1.04 bits per heavy atom. The zero-order chi connectivity index (χ0) is 17.5. The van der Waals surface area contributed by atoms with Crippen molar-refractivity contribution in [3.8, 4) is 6.07 Å². The van der Waals surface area contributed by atoms with Crippen LogP contribution in [0, 0.1) is 11.3 Å². The van der Waals surface area contributed by atoms with Gasteiger partial charge in [-0.25, -0.2) is 4.98 Å². The summed E-state index contributed by atoms with van der Waals surface area (Å²) in [4.78, 5) is 8.65. The predicted molar refractivity (Wildman–Crippen MR) is 100 cm³/mol. The lowest BCUT2D eigenvalue weighted by Gasteiger charge is -2.09. The van der Waals surface area contributed by atoms with Crippen molar-refractivity contribution in [2.75, 3.05) is 17.2 Å². The fraction of sp³-hybridized carbons (Fsp3) is 0.105. The van der Waals surface area contributed by atoms with E-state index >= 15 is 0 Å². The Labute approximate surface area is 151 Å². The highest BCUT2D eigenvalue weighted by molar-refractivity contribution is 6.30. The quantitative estimate of drug-likeness (QED) is 0.690. The minimum Gasteiger partial charge on any atom is -0.354 e. The number of nitrogens with zero attached hydrogens (tertiary/aromatic N) is 3. The van der Waals surface area contributed by atoms with E-state index in [4.69, 9.17) is 16.9 Å². The van der Waals surface area contributed by atoms with Crippen LogP contribution in [0.15, 0.2) is 60.8 Å². The standard InChI is InChI=1S/C19H16ClN5/c20-16-7-5-14(6-8-16)9-11-22-19-23-12-10-18(25-19)24-17-4-2-1-3-15(17)13-21/h1-8,10,12H,9,11H2,(H2,22,23,24,25). The van der Waals surface area contributed by atoms with Crippen LogP contribution in [0.3, 0.4) is 0 Å². The molecule has 6 heteroatoms. The Bertz CT molecular complexity index is 887. The Morgan fingerprint density at radius 2 is 1.84 bits per heavy atom. The largest absolute Gasteiger partial charge is 0.354 e. The maximum absolute atomic E-state index is 9.15. The molecule has 0 unspecified atom stereocenters. The number of hydrogen-bond acceptors (Lipinski definition) is 5. The molecule has 0 amide bonds. The summed E-state index contributed by atoms with van der Waals surface area (Å²) in [7, 11) is 0. The SMILES string of the molecule is N#Cc1ccccc1Nc1ccnc(NCCc2ccc(Cl)cc2)n1. The van der Waals surface area contributed by atoms with Crippen LogP contribution in [-0.2, 0) is 6.42 Å². The van der Waals surface area contributed by atoms with E-state index in [1.807, 2.05) is 42.5 Å². The molecule has 0 atom stereocenters. The first-order valence-electron chi connectivity index (χ1n) is 7.82. The predicted octanol–water partition coefficient (Wildman–Crippen LogP) is 4.40. The van der Waals surface area contributed by atoms with Crippen LogP contribution in [0.5, 0.6) is 0 Å². The van der Waals surface area contributed by atoms with Crippen LogP contribution >= 0.6 is 11.6 Å². The second-order valence-electron chi connectivity index (χ2n) is 5.35. The lowest BCUT2D eigenvalue weighted by Crippen LogP contribution is -2.08. The molecule has 0 spiro atoms. The molecule has 1 heterocycles. The van der Waals surface area contributed by atoms with Gasteiger partial charge in [0.25, 0.3) is 0 Å². The molecule has 3 rings (SSSR count). The van der Waals surface area contributed by atoms with Crippen molar-refractivity contribution in [1.82, 2.24) is 9.97 Å². The van der Waals surface area contributed by atoms with Gasteiger partial charge in [0.15, 0.2) is 0 Å². The van der Waals surface area contributed by atoms with E-state index in [-0.39, 0.29) is 0 Å². The number of hydrogen-bond donors (Lipinski definition) is 2. The second kappa shape index (κ2) is 8.13. The first kappa shape index (κ1) is 16.7. The maximum atomic E-state index is 9.15. The van der Waals surface area contributed by atoms with E-state index < -0.39 is 0 Å². The first-order chi connectivity index (χ1) is 12.2. The summed E-state index contributed by atoms with van der Waals surface area (Å²) < 4.78 is 0. The smallest absolute Gasteiger partial charge is 0.224 e. The summed E-state index contributed by atoms with van der Waals surface area (Å²) in [5.74, 6) is 1.17. The van der Waals surface area contributed by atoms with Gasteiger partial charge in [0.05, 0.1) is 11.3 Å². The molecule has 0 radical (unpaired) electrons. The molecule has 0 aliphatic heterocycles. The number of aromatic nitrogens is 2. The van der Waals surface area contributed by atoms with Crippen molar-refractivity contribution in [1.29, 1.82) is 5.26 Å². The normalized spacial score (nSPS) is 10.1. The van der Waals surface area contributed by atoms with E-state index in [1.165, 1.54) is 5.56 Å². The Morgan fingerprint density at radius 3 is 2.64 bits per heavy atom. The molecule has 0 fully saturated rings. The van der Waals surface area contributed by atoms with Gasteiger partial charge in [0, 0.05) is 17.8 Å².